The van der Waals surface area contributed by atoms with Crippen molar-refractivity contribution in [2.75, 3.05) is 6.61 Å². The van der Waals surface area contributed by atoms with Crippen LogP contribution in [-0.4, -0.2) is 41.8 Å². The van der Waals surface area contributed by atoms with Gasteiger partial charge in [0, 0.05) is 6.42 Å². The molecule has 2 atom stereocenters. The van der Waals surface area contributed by atoms with Crippen molar-refractivity contribution in [3.05, 3.63) is 12.2 Å². The van der Waals surface area contributed by atoms with E-state index in [0.29, 0.717) is 13.0 Å². The van der Waals surface area contributed by atoms with Crippen molar-refractivity contribution in [2.45, 2.75) is 44.2 Å². The number of aliphatic carboxylic acids is 1. The van der Waals surface area contributed by atoms with Gasteiger partial charge in [-0.05, 0) is 12.8 Å². The number of carbonyl (C=O) groups is 3. The van der Waals surface area contributed by atoms with Crippen molar-refractivity contribution in [3.8, 4) is 0 Å². The molecule has 1 aliphatic rings. The normalized spacial score (nSPS) is 24.8. The molecule has 2 amide bonds. The zero-order chi connectivity index (χ0) is 15.0. The smallest absolute Gasteiger partial charge is 0.407 e. The maximum atomic E-state index is 11.5. The fourth-order valence-electron chi connectivity index (χ4n) is 2.03. The van der Waals surface area contributed by atoms with Gasteiger partial charge in [-0.3, -0.25) is 4.79 Å². The summed E-state index contributed by atoms with van der Waals surface area (Å²) in [5.74, 6) is -1.12. The highest BCUT2D eigenvalue weighted by atomic mass is 16.5. The number of carboxylic acid groups (broad SMARTS) is 1. The maximum absolute atomic E-state index is 11.5. The number of ether oxygens (including phenoxy) is 1. The minimum atomic E-state index is -1.38. The Morgan fingerprint density at radius 2 is 2.30 bits per heavy atom. The second-order valence-electron chi connectivity index (χ2n) is 4.73. The summed E-state index contributed by atoms with van der Waals surface area (Å²) >= 11 is 0. The molecule has 0 fully saturated rings. The Labute approximate surface area is 117 Å². The van der Waals surface area contributed by atoms with Crippen LogP contribution in [0, 0.1) is 0 Å². The van der Waals surface area contributed by atoms with E-state index in [1.54, 1.807) is 12.2 Å². The minimum absolute atomic E-state index is 0.0838. The number of hydrogen-bond acceptors (Lipinski definition) is 4. The van der Waals surface area contributed by atoms with Crippen LogP contribution in [0.5, 0.6) is 0 Å². The van der Waals surface area contributed by atoms with E-state index in [9.17, 15) is 19.5 Å². The van der Waals surface area contributed by atoms with E-state index >= 15 is 0 Å². The molecule has 0 bridgehead atoms. The molecule has 0 aromatic carbocycles. The Morgan fingerprint density at radius 3 is 2.90 bits per heavy atom. The lowest BCUT2D eigenvalue weighted by atomic mass is 9.83. The van der Waals surface area contributed by atoms with Gasteiger partial charge in [0.15, 0.2) is 0 Å². The highest BCUT2D eigenvalue weighted by Crippen LogP contribution is 2.24. The lowest BCUT2D eigenvalue weighted by Crippen LogP contribution is -2.56. The Kier molecular flexibility index (Phi) is 6.02. The van der Waals surface area contributed by atoms with Crippen molar-refractivity contribution in [3.63, 3.8) is 0 Å². The SMILES string of the molecule is CCCCOC(=O)NC1C=CCC(NC=O)(C(=O)O)C1. The van der Waals surface area contributed by atoms with Crippen LogP contribution in [0.3, 0.4) is 0 Å². The van der Waals surface area contributed by atoms with Crippen LogP contribution < -0.4 is 10.6 Å². The molecule has 112 valence electrons. The molecule has 0 spiro atoms. The van der Waals surface area contributed by atoms with Gasteiger partial charge in [-0.2, -0.15) is 0 Å². The lowest BCUT2D eigenvalue weighted by Gasteiger charge is -2.33. The first-order chi connectivity index (χ1) is 9.54. The van der Waals surface area contributed by atoms with Crippen LogP contribution in [-0.2, 0) is 14.3 Å². The van der Waals surface area contributed by atoms with Crippen LogP contribution in [0.1, 0.15) is 32.6 Å². The molecule has 0 aromatic heterocycles. The fourth-order valence-corrected chi connectivity index (χ4v) is 2.03. The second-order valence-corrected chi connectivity index (χ2v) is 4.73. The summed E-state index contributed by atoms with van der Waals surface area (Å²) in [6, 6.07) is -0.485. The lowest BCUT2D eigenvalue weighted by molar-refractivity contribution is -0.146. The first kappa shape index (κ1) is 16.0. The molecule has 7 nitrogen and oxygen atoms in total. The molecule has 0 heterocycles. The first-order valence-corrected chi connectivity index (χ1v) is 6.59. The van der Waals surface area contributed by atoms with E-state index in [4.69, 9.17) is 4.74 Å². The highest BCUT2D eigenvalue weighted by Gasteiger charge is 2.41. The molecule has 0 saturated heterocycles. The molecule has 3 N–H and O–H groups in total. The van der Waals surface area contributed by atoms with E-state index < -0.39 is 23.6 Å². The maximum Gasteiger partial charge on any atom is 0.407 e. The molecule has 2 unspecified atom stereocenters. The molecule has 0 saturated carbocycles. The number of nitrogens with one attached hydrogen (secondary N) is 2. The van der Waals surface area contributed by atoms with Gasteiger partial charge in [0.25, 0.3) is 0 Å². The van der Waals surface area contributed by atoms with Crippen LogP contribution in [0.2, 0.25) is 0 Å². The minimum Gasteiger partial charge on any atom is -0.479 e. The average molecular weight is 284 g/mol. The summed E-state index contributed by atoms with van der Waals surface area (Å²) in [6.45, 7) is 2.31. The van der Waals surface area contributed by atoms with Gasteiger partial charge < -0.3 is 20.5 Å². The summed E-state index contributed by atoms with van der Waals surface area (Å²) in [5, 5.41) is 14.2. The van der Waals surface area contributed by atoms with E-state index in [-0.39, 0.29) is 12.8 Å². The van der Waals surface area contributed by atoms with Gasteiger partial charge in [-0.1, -0.05) is 25.5 Å². The number of carboxylic acids is 1. The van der Waals surface area contributed by atoms with Crippen molar-refractivity contribution in [1.29, 1.82) is 0 Å². The number of unbranched alkanes of at least 4 members (excludes halogenated alkanes) is 1. The molecule has 0 radical (unpaired) electrons. The molecule has 7 heteroatoms. The highest BCUT2D eigenvalue weighted by molar-refractivity contribution is 5.82. The van der Waals surface area contributed by atoms with Crippen molar-refractivity contribution in [1.82, 2.24) is 10.6 Å². The largest absolute Gasteiger partial charge is 0.479 e. The van der Waals surface area contributed by atoms with Crippen LogP contribution in [0.15, 0.2) is 12.2 Å². The fraction of sp³-hybridized carbons (Fsp3) is 0.615. The van der Waals surface area contributed by atoms with Crippen LogP contribution in [0.4, 0.5) is 4.79 Å². The Bertz CT molecular complexity index is 396. The summed E-state index contributed by atoms with van der Waals surface area (Å²) < 4.78 is 4.95. The zero-order valence-electron chi connectivity index (χ0n) is 11.4. The number of rotatable bonds is 7. The molecule has 20 heavy (non-hydrogen) atoms. The van der Waals surface area contributed by atoms with E-state index in [2.05, 4.69) is 10.6 Å². The third-order valence-corrected chi connectivity index (χ3v) is 3.18. The Balaban J connectivity index is 2.58. The molecule has 0 aromatic rings. The summed E-state index contributed by atoms with van der Waals surface area (Å²) in [7, 11) is 0. The van der Waals surface area contributed by atoms with Gasteiger partial charge in [-0.15, -0.1) is 0 Å². The average Bonchev–Trinajstić information content (AvgIpc) is 2.39. The number of amides is 2. The molecule has 1 rings (SSSR count). The molecule has 1 aliphatic carbocycles. The number of hydrogen-bond donors (Lipinski definition) is 3. The molecule has 0 aliphatic heterocycles. The van der Waals surface area contributed by atoms with Gasteiger partial charge in [0.05, 0.1) is 12.6 Å². The van der Waals surface area contributed by atoms with Gasteiger partial charge >= 0.3 is 12.1 Å². The summed E-state index contributed by atoms with van der Waals surface area (Å²) in [5.41, 5.74) is -1.38. The molecular weight excluding hydrogens is 264 g/mol. The summed E-state index contributed by atoms with van der Waals surface area (Å²) in [4.78, 5) is 33.4. The third kappa shape index (κ3) is 4.25. The summed E-state index contributed by atoms with van der Waals surface area (Å²) in [6.07, 6.45) is 5.08. The van der Waals surface area contributed by atoms with Gasteiger partial charge in [0.2, 0.25) is 6.41 Å². The number of carbonyl (C=O) groups excluding carboxylic acids is 2. The third-order valence-electron chi connectivity index (χ3n) is 3.18. The van der Waals surface area contributed by atoms with Crippen LogP contribution in [0.25, 0.3) is 0 Å². The Morgan fingerprint density at radius 1 is 1.55 bits per heavy atom. The van der Waals surface area contributed by atoms with Crippen molar-refractivity contribution < 1.29 is 24.2 Å². The van der Waals surface area contributed by atoms with Crippen molar-refractivity contribution in [2.24, 2.45) is 0 Å². The van der Waals surface area contributed by atoms with E-state index in [1.165, 1.54) is 0 Å². The van der Waals surface area contributed by atoms with Gasteiger partial charge in [-0.25, -0.2) is 9.59 Å². The van der Waals surface area contributed by atoms with E-state index in [1.807, 2.05) is 6.92 Å². The van der Waals surface area contributed by atoms with Crippen LogP contribution >= 0.6 is 0 Å². The predicted molar refractivity (Wildman–Crippen MR) is 71.1 cm³/mol. The quantitative estimate of drug-likeness (QED) is 0.364. The zero-order valence-corrected chi connectivity index (χ0v) is 11.4. The second kappa shape index (κ2) is 7.52. The number of alkyl carbamates (subject to hydrolysis) is 1. The molecular formula is C13H20N2O5. The monoisotopic (exact) mass is 284 g/mol. The topological polar surface area (TPSA) is 105 Å². The van der Waals surface area contributed by atoms with Gasteiger partial charge in [0.1, 0.15) is 5.54 Å². The van der Waals surface area contributed by atoms with Crippen molar-refractivity contribution >= 4 is 18.5 Å². The first-order valence-electron chi connectivity index (χ1n) is 6.59. The van der Waals surface area contributed by atoms with E-state index in [0.717, 1.165) is 12.8 Å². The Hall–Kier alpha value is -2.05. The predicted octanol–water partition coefficient (Wildman–Crippen LogP) is 0.801. The standard InChI is InChI=1S/C13H20N2O5/c1-2-3-7-20-12(19)15-10-5-4-6-13(8-10,11(17)18)14-9-16/h4-5,9-10H,2-3,6-8H2,1H3,(H,14,16)(H,15,19)(H,17,18).